The number of carbonyl (C=O) groups is 1. The van der Waals surface area contributed by atoms with Crippen LogP contribution >= 0.6 is 0 Å². The number of esters is 1. The predicted octanol–water partition coefficient (Wildman–Crippen LogP) is 1.93. The number of carbonyl (C=O) groups excluding carboxylic acids is 1. The first kappa shape index (κ1) is 14.2. The maximum absolute atomic E-state index is 11.0. The van der Waals surface area contributed by atoms with Crippen molar-refractivity contribution in [3.05, 3.63) is 36.4 Å². The maximum atomic E-state index is 11.0. The van der Waals surface area contributed by atoms with Crippen molar-refractivity contribution in [1.82, 2.24) is 0 Å². The van der Waals surface area contributed by atoms with E-state index in [0.717, 1.165) is 0 Å². The average molecular weight is 269 g/mol. The summed E-state index contributed by atoms with van der Waals surface area (Å²) in [6.07, 6.45) is 0. The third-order valence-corrected chi connectivity index (χ3v) is 3.44. The molecule has 6 heteroatoms. The molecule has 0 saturated heterocycles. The summed E-state index contributed by atoms with van der Waals surface area (Å²) < 4.78 is 28.9. The molecule has 0 saturated carbocycles. The molecule has 0 radical (unpaired) electrons. The molecule has 2 heterocycles. The van der Waals surface area contributed by atoms with Crippen molar-refractivity contribution in [3.8, 4) is 0 Å². The maximum Gasteiger partial charge on any atom is 0.333 e. The summed E-state index contributed by atoms with van der Waals surface area (Å²) in [7, 11) is -3.17. The minimum Gasteiger partial charge on any atom is -0.463 e. The topological polar surface area (TPSA) is 72.5 Å². The minimum absolute atomic E-state index is 0.312. The lowest BCUT2D eigenvalue weighted by Crippen LogP contribution is -2.16. The van der Waals surface area contributed by atoms with Crippen LogP contribution in [-0.2, 0) is 19.6 Å². The Labute approximate surface area is 107 Å². The van der Waals surface area contributed by atoms with E-state index in [-0.39, 0.29) is 5.97 Å². The van der Waals surface area contributed by atoms with E-state index in [1.165, 1.54) is 0 Å². The number of anilines is 1. The molecule has 0 aliphatic carbocycles. The van der Waals surface area contributed by atoms with Crippen molar-refractivity contribution in [2.45, 2.75) is 18.7 Å². The number of fused-ring (bicyclic) bond motifs is 3. The van der Waals surface area contributed by atoms with Crippen LogP contribution < -0.4 is 4.72 Å². The fraction of sp³-hybridized carbons (Fsp3) is 0.250. The lowest BCUT2D eigenvalue weighted by atomic mass is 10.3. The van der Waals surface area contributed by atoms with Gasteiger partial charge in [-0.1, -0.05) is 6.58 Å². The highest BCUT2D eigenvalue weighted by Gasteiger charge is 2.18. The van der Waals surface area contributed by atoms with Gasteiger partial charge >= 0.3 is 5.97 Å². The van der Waals surface area contributed by atoms with Gasteiger partial charge in [0.25, 0.3) is 10.0 Å². The summed E-state index contributed by atoms with van der Waals surface area (Å²) in [5.74, 6) is -0.312. The van der Waals surface area contributed by atoms with Crippen molar-refractivity contribution in [2.75, 3.05) is 11.3 Å². The minimum atomic E-state index is -3.17. The van der Waals surface area contributed by atoms with Gasteiger partial charge in [0, 0.05) is 11.3 Å². The molecule has 98 valence electrons. The highest BCUT2D eigenvalue weighted by molar-refractivity contribution is 7.92. The number of nitrogens with one attached hydrogen (secondary N) is 1. The summed E-state index contributed by atoms with van der Waals surface area (Å²) >= 11 is 0. The monoisotopic (exact) mass is 269 g/mol. The zero-order chi connectivity index (χ0) is 13.8. The van der Waals surface area contributed by atoms with Crippen molar-refractivity contribution < 1.29 is 17.9 Å². The summed E-state index contributed by atoms with van der Waals surface area (Å²) in [6, 6.07) is 6.63. The van der Waals surface area contributed by atoms with E-state index in [0.29, 0.717) is 22.8 Å². The first-order valence-electron chi connectivity index (χ1n) is 5.32. The highest BCUT2D eigenvalue weighted by Crippen LogP contribution is 2.22. The van der Waals surface area contributed by atoms with Crippen molar-refractivity contribution >= 4 is 21.7 Å². The molecule has 1 N–H and O–H groups in total. The number of sulfonamides is 1. The fourth-order valence-corrected chi connectivity index (χ4v) is 2.23. The zero-order valence-corrected chi connectivity index (χ0v) is 11.1. The largest absolute Gasteiger partial charge is 0.463 e. The van der Waals surface area contributed by atoms with Gasteiger partial charge < -0.3 is 4.74 Å². The Morgan fingerprint density at radius 1 is 1.33 bits per heavy atom. The SMILES string of the molecule is C=C(C)C(=O)OCC.O=S1(=O)Nc2ccc1cc2. The van der Waals surface area contributed by atoms with Crippen LogP contribution in [0.25, 0.3) is 0 Å². The van der Waals surface area contributed by atoms with Gasteiger partial charge in [-0.3, -0.25) is 4.72 Å². The Hall–Kier alpha value is -1.82. The molecule has 2 aliphatic rings. The molecule has 0 fully saturated rings. The van der Waals surface area contributed by atoms with Gasteiger partial charge in [-0.2, -0.15) is 0 Å². The Morgan fingerprint density at radius 3 is 2.06 bits per heavy atom. The molecule has 1 aromatic carbocycles. The fourth-order valence-electron chi connectivity index (χ4n) is 1.17. The molecular formula is C12H15NO4S. The van der Waals surface area contributed by atoms with Crippen LogP contribution in [0.3, 0.4) is 0 Å². The average Bonchev–Trinajstić information content (AvgIpc) is 2.30. The molecule has 0 atom stereocenters. The molecule has 0 unspecified atom stereocenters. The third kappa shape index (κ3) is 3.59. The molecule has 2 aliphatic heterocycles. The molecule has 0 aromatic heterocycles. The van der Waals surface area contributed by atoms with Gasteiger partial charge in [0.1, 0.15) is 0 Å². The van der Waals surface area contributed by atoms with E-state index in [1.54, 1.807) is 38.1 Å². The van der Waals surface area contributed by atoms with Crippen LogP contribution in [0.5, 0.6) is 0 Å². The Balaban J connectivity index is 0.000000187. The second-order valence-electron chi connectivity index (χ2n) is 3.63. The van der Waals surface area contributed by atoms with Crippen molar-refractivity contribution in [1.29, 1.82) is 0 Å². The second-order valence-corrected chi connectivity index (χ2v) is 5.31. The van der Waals surface area contributed by atoms with Gasteiger partial charge in [-0.15, -0.1) is 0 Å². The number of hydrogen-bond donors (Lipinski definition) is 1. The molecule has 5 nitrogen and oxygen atoms in total. The van der Waals surface area contributed by atoms with E-state index in [9.17, 15) is 13.2 Å². The predicted molar refractivity (Wildman–Crippen MR) is 68.7 cm³/mol. The van der Waals surface area contributed by atoms with E-state index in [1.807, 2.05) is 0 Å². The summed E-state index contributed by atoms with van der Waals surface area (Å²) in [5, 5.41) is 0. The smallest absolute Gasteiger partial charge is 0.333 e. The Bertz CT molecular complexity index is 546. The molecule has 3 rings (SSSR count). The molecule has 0 spiro atoms. The van der Waals surface area contributed by atoms with Crippen LogP contribution in [0.4, 0.5) is 5.69 Å². The first-order chi connectivity index (χ1) is 8.36. The lowest BCUT2D eigenvalue weighted by Gasteiger charge is -2.13. The number of benzene rings is 1. The molecule has 2 bridgehead atoms. The van der Waals surface area contributed by atoms with E-state index in [2.05, 4.69) is 16.0 Å². The van der Waals surface area contributed by atoms with Crippen LogP contribution in [0.1, 0.15) is 13.8 Å². The molecular weight excluding hydrogens is 254 g/mol. The standard InChI is InChI=1S/C6H5NO2S.C6H10O2/c8-10(9)6-3-1-5(7-10)2-4-6;1-4-8-6(7)5(2)3/h1-4,7H;2,4H2,1,3H3. The van der Waals surface area contributed by atoms with E-state index in [4.69, 9.17) is 0 Å². The van der Waals surface area contributed by atoms with Gasteiger partial charge in [0.05, 0.1) is 11.5 Å². The summed E-state index contributed by atoms with van der Waals surface area (Å²) in [6.45, 7) is 7.21. The third-order valence-electron chi connectivity index (χ3n) is 2.04. The number of ether oxygens (including phenoxy) is 1. The van der Waals surface area contributed by atoms with Gasteiger partial charge in [-0.25, -0.2) is 13.2 Å². The van der Waals surface area contributed by atoms with Crippen LogP contribution in [0.2, 0.25) is 0 Å². The van der Waals surface area contributed by atoms with Crippen LogP contribution in [0, 0.1) is 0 Å². The van der Waals surface area contributed by atoms with Crippen LogP contribution in [-0.4, -0.2) is 21.0 Å². The van der Waals surface area contributed by atoms with Crippen molar-refractivity contribution in [3.63, 3.8) is 0 Å². The van der Waals surface area contributed by atoms with Gasteiger partial charge in [0.15, 0.2) is 0 Å². The highest BCUT2D eigenvalue weighted by atomic mass is 32.2. The van der Waals surface area contributed by atoms with E-state index >= 15 is 0 Å². The molecule has 18 heavy (non-hydrogen) atoms. The number of hydrogen-bond acceptors (Lipinski definition) is 4. The number of rotatable bonds is 2. The lowest BCUT2D eigenvalue weighted by molar-refractivity contribution is -0.138. The van der Waals surface area contributed by atoms with E-state index < -0.39 is 10.0 Å². The Kier molecular flexibility index (Phi) is 4.49. The molecule has 0 amide bonds. The first-order valence-corrected chi connectivity index (χ1v) is 6.80. The summed E-state index contributed by atoms with van der Waals surface area (Å²) in [5.41, 5.74) is 1.09. The summed E-state index contributed by atoms with van der Waals surface area (Å²) in [4.78, 5) is 10.8. The van der Waals surface area contributed by atoms with Gasteiger partial charge in [0.2, 0.25) is 0 Å². The van der Waals surface area contributed by atoms with Gasteiger partial charge in [-0.05, 0) is 38.1 Å². The molecule has 1 aromatic rings. The van der Waals surface area contributed by atoms with Crippen molar-refractivity contribution in [2.24, 2.45) is 0 Å². The Morgan fingerprint density at radius 2 is 1.89 bits per heavy atom. The quantitative estimate of drug-likeness (QED) is 0.657. The normalized spacial score (nSPS) is 13.9. The zero-order valence-electron chi connectivity index (χ0n) is 10.3. The van der Waals surface area contributed by atoms with Crippen LogP contribution in [0.15, 0.2) is 41.3 Å². The second kappa shape index (κ2) is 5.68.